The molecule has 3 aromatic heterocycles. The van der Waals surface area contributed by atoms with Gasteiger partial charge in [-0.05, 0) is 29.8 Å². The Hall–Kier alpha value is -3.74. The molecular formula is C19H13N3O4. The monoisotopic (exact) mass is 347 g/mol. The average molecular weight is 347 g/mol. The summed E-state index contributed by atoms with van der Waals surface area (Å²) in [5, 5.41) is 24.2. The summed E-state index contributed by atoms with van der Waals surface area (Å²) in [6.07, 6.45) is 1.80. The molecule has 0 saturated heterocycles. The van der Waals surface area contributed by atoms with Gasteiger partial charge in [0.15, 0.2) is 28.2 Å². The molecule has 7 heteroatoms. The second-order valence-corrected chi connectivity index (χ2v) is 6.20. The van der Waals surface area contributed by atoms with Gasteiger partial charge in [0.2, 0.25) is 0 Å². The standard InChI is InChI=1S/C19H13N3O4/c1-22-19-12(8-20-22)16(9-2-5-13(24)14(25)6-9)18-17(21-19)11-4-3-10(23)7-15(11)26-18/h2-8,20,24-25H,1H3. The number of aromatic nitrogens is 3. The zero-order valence-electron chi connectivity index (χ0n) is 13.6. The van der Waals surface area contributed by atoms with E-state index in [0.717, 1.165) is 16.3 Å². The summed E-state index contributed by atoms with van der Waals surface area (Å²) in [4.78, 5) is 16.4. The summed E-state index contributed by atoms with van der Waals surface area (Å²) >= 11 is 0. The summed E-state index contributed by atoms with van der Waals surface area (Å²) in [7, 11) is 1.84. The van der Waals surface area contributed by atoms with Crippen LogP contribution in [0.3, 0.4) is 0 Å². The minimum Gasteiger partial charge on any atom is -0.504 e. The number of aromatic hydroxyl groups is 2. The van der Waals surface area contributed by atoms with Gasteiger partial charge in [-0.3, -0.25) is 9.48 Å². The third kappa shape index (κ3) is 1.88. The first-order valence-corrected chi connectivity index (χ1v) is 7.95. The van der Waals surface area contributed by atoms with E-state index in [4.69, 9.17) is 9.40 Å². The van der Waals surface area contributed by atoms with Crippen molar-refractivity contribution in [3.63, 3.8) is 0 Å². The molecule has 0 unspecified atom stereocenters. The molecule has 0 fully saturated rings. The van der Waals surface area contributed by atoms with E-state index in [9.17, 15) is 15.0 Å². The van der Waals surface area contributed by atoms with Crippen LogP contribution in [0.25, 0.3) is 44.2 Å². The van der Waals surface area contributed by atoms with Crippen molar-refractivity contribution in [1.82, 2.24) is 14.8 Å². The predicted octanol–water partition coefficient (Wildman–Crippen LogP) is 3.24. The second kappa shape index (κ2) is 4.89. The SMILES string of the molecule is Cn1[nH]cc2c(-c3ccc(O)c(O)c3)c3oc4cc(=O)ccc4c3nc21. The molecule has 0 bridgehead atoms. The molecule has 0 aliphatic carbocycles. The van der Waals surface area contributed by atoms with E-state index in [1.165, 1.54) is 24.3 Å². The van der Waals surface area contributed by atoms with Crippen molar-refractivity contribution in [2.45, 2.75) is 0 Å². The predicted molar refractivity (Wildman–Crippen MR) is 97.4 cm³/mol. The first kappa shape index (κ1) is 14.6. The van der Waals surface area contributed by atoms with Gasteiger partial charge in [0.1, 0.15) is 11.1 Å². The molecule has 128 valence electrons. The molecule has 0 radical (unpaired) electrons. The number of fused-ring (bicyclic) bond motifs is 4. The van der Waals surface area contributed by atoms with E-state index in [1.54, 1.807) is 23.0 Å². The molecule has 26 heavy (non-hydrogen) atoms. The highest BCUT2D eigenvalue weighted by atomic mass is 16.3. The van der Waals surface area contributed by atoms with Crippen LogP contribution in [-0.2, 0) is 7.05 Å². The molecule has 0 saturated carbocycles. The van der Waals surface area contributed by atoms with E-state index in [-0.39, 0.29) is 16.9 Å². The van der Waals surface area contributed by atoms with Crippen molar-refractivity contribution in [2.75, 3.05) is 0 Å². The molecule has 5 rings (SSSR count). The van der Waals surface area contributed by atoms with Crippen molar-refractivity contribution < 1.29 is 14.6 Å². The lowest BCUT2D eigenvalue weighted by Gasteiger charge is -2.07. The quantitative estimate of drug-likeness (QED) is 0.404. The van der Waals surface area contributed by atoms with Gasteiger partial charge in [-0.15, -0.1) is 0 Å². The molecule has 3 heterocycles. The van der Waals surface area contributed by atoms with Gasteiger partial charge in [0, 0.05) is 35.6 Å². The smallest absolute Gasteiger partial charge is 0.182 e. The van der Waals surface area contributed by atoms with Crippen LogP contribution >= 0.6 is 0 Å². The Kier molecular flexibility index (Phi) is 2.74. The summed E-state index contributed by atoms with van der Waals surface area (Å²) < 4.78 is 7.75. The number of aryl methyl sites for hydroxylation is 1. The van der Waals surface area contributed by atoms with Crippen LogP contribution in [-0.4, -0.2) is 25.0 Å². The van der Waals surface area contributed by atoms with Gasteiger partial charge >= 0.3 is 0 Å². The maximum absolute atomic E-state index is 11.7. The first-order valence-electron chi connectivity index (χ1n) is 7.95. The van der Waals surface area contributed by atoms with Crippen molar-refractivity contribution in [1.29, 1.82) is 0 Å². The highest BCUT2D eigenvalue weighted by Gasteiger charge is 2.20. The Balaban J connectivity index is 2.02. The number of rotatable bonds is 1. The molecule has 7 nitrogen and oxygen atoms in total. The Morgan fingerprint density at radius 3 is 2.73 bits per heavy atom. The Morgan fingerprint density at radius 2 is 1.92 bits per heavy atom. The Bertz CT molecular complexity index is 1390. The van der Waals surface area contributed by atoms with Crippen molar-refractivity contribution >= 4 is 33.1 Å². The summed E-state index contributed by atoms with van der Waals surface area (Å²) in [6, 6.07) is 9.21. The minimum absolute atomic E-state index is 0.140. The Morgan fingerprint density at radius 1 is 1.08 bits per heavy atom. The van der Waals surface area contributed by atoms with Gasteiger partial charge in [0.25, 0.3) is 0 Å². The minimum atomic E-state index is -0.224. The highest BCUT2D eigenvalue weighted by molar-refractivity contribution is 6.14. The summed E-state index contributed by atoms with van der Waals surface area (Å²) in [5.74, 6) is -0.422. The molecule has 5 aromatic rings. The number of pyridine rings is 1. The second-order valence-electron chi connectivity index (χ2n) is 6.20. The van der Waals surface area contributed by atoms with Crippen LogP contribution in [0.15, 0.2) is 51.8 Å². The number of H-pyrrole nitrogens is 1. The number of aromatic amines is 1. The van der Waals surface area contributed by atoms with E-state index in [0.29, 0.717) is 27.9 Å². The number of phenolic OH excluding ortho intramolecular Hbond substituents is 2. The van der Waals surface area contributed by atoms with Crippen molar-refractivity contribution in [2.24, 2.45) is 7.05 Å². The summed E-state index contributed by atoms with van der Waals surface area (Å²) in [5.41, 5.74) is 3.56. The fourth-order valence-corrected chi connectivity index (χ4v) is 3.32. The third-order valence-corrected chi connectivity index (χ3v) is 4.57. The number of hydrogen-bond donors (Lipinski definition) is 3. The lowest BCUT2D eigenvalue weighted by molar-refractivity contribution is 0.404. The number of phenols is 2. The topological polar surface area (TPSA) is 104 Å². The maximum Gasteiger partial charge on any atom is 0.182 e. The molecule has 2 aromatic carbocycles. The van der Waals surface area contributed by atoms with E-state index < -0.39 is 0 Å². The first-order chi connectivity index (χ1) is 12.5. The zero-order chi connectivity index (χ0) is 18.0. The molecule has 0 spiro atoms. The highest BCUT2D eigenvalue weighted by Crippen LogP contribution is 2.40. The number of nitrogens with zero attached hydrogens (tertiary/aromatic N) is 2. The molecule has 0 aliphatic heterocycles. The largest absolute Gasteiger partial charge is 0.504 e. The number of benzene rings is 2. The van der Waals surface area contributed by atoms with Crippen LogP contribution in [0, 0.1) is 0 Å². The molecule has 0 atom stereocenters. The third-order valence-electron chi connectivity index (χ3n) is 4.57. The van der Waals surface area contributed by atoms with Gasteiger partial charge in [-0.1, -0.05) is 6.07 Å². The average Bonchev–Trinajstić information content (AvgIpc) is 3.16. The van der Waals surface area contributed by atoms with Crippen LogP contribution < -0.4 is 5.43 Å². The molecule has 0 aliphatic rings. The lowest BCUT2D eigenvalue weighted by Crippen LogP contribution is -1.94. The fourth-order valence-electron chi connectivity index (χ4n) is 3.32. The number of hydrogen-bond acceptors (Lipinski definition) is 5. The number of furan rings is 1. The van der Waals surface area contributed by atoms with Crippen molar-refractivity contribution in [3.05, 3.63) is 52.8 Å². The van der Waals surface area contributed by atoms with Crippen LogP contribution in [0.2, 0.25) is 0 Å². The van der Waals surface area contributed by atoms with Crippen LogP contribution in [0.5, 0.6) is 11.5 Å². The maximum atomic E-state index is 11.7. The van der Waals surface area contributed by atoms with E-state index in [2.05, 4.69) is 5.10 Å². The van der Waals surface area contributed by atoms with E-state index in [1.807, 2.05) is 7.05 Å². The van der Waals surface area contributed by atoms with Crippen molar-refractivity contribution in [3.8, 4) is 22.6 Å². The number of nitrogens with one attached hydrogen (secondary N) is 1. The fraction of sp³-hybridized carbons (Fsp3) is 0.0526. The van der Waals surface area contributed by atoms with Gasteiger partial charge in [-0.25, -0.2) is 4.98 Å². The Labute approximate surface area is 145 Å². The molecular weight excluding hydrogens is 334 g/mol. The van der Waals surface area contributed by atoms with Crippen LogP contribution in [0.1, 0.15) is 0 Å². The molecule has 3 N–H and O–H groups in total. The lowest BCUT2D eigenvalue weighted by atomic mass is 10.0. The normalized spacial score (nSPS) is 11.7. The molecule has 0 amide bonds. The van der Waals surface area contributed by atoms with Crippen LogP contribution in [0.4, 0.5) is 0 Å². The van der Waals surface area contributed by atoms with E-state index >= 15 is 0 Å². The van der Waals surface area contributed by atoms with Gasteiger partial charge in [0.05, 0.1) is 0 Å². The van der Waals surface area contributed by atoms with Gasteiger partial charge < -0.3 is 19.7 Å². The zero-order valence-corrected chi connectivity index (χ0v) is 13.6. The summed E-state index contributed by atoms with van der Waals surface area (Å²) in [6.45, 7) is 0. The van der Waals surface area contributed by atoms with Gasteiger partial charge in [-0.2, -0.15) is 0 Å².